The lowest BCUT2D eigenvalue weighted by atomic mass is 9.93. The average Bonchev–Trinajstić information content (AvgIpc) is 3.31. The summed E-state index contributed by atoms with van der Waals surface area (Å²) in [5.74, 6) is 0.348. The molecule has 3 aliphatic rings. The summed E-state index contributed by atoms with van der Waals surface area (Å²) >= 11 is 0. The molecule has 3 aliphatic heterocycles. The lowest BCUT2D eigenvalue weighted by Crippen LogP contribution is -2.53. The summed E-state index contributed by atoms with van der Waals surface area (Å²) in [7, 11) is 0. The Morgan fingerprint density at radius 2 is 1.74 bits per heavy atom. The normalized spacial score (nSPS) is 28.3. The van der Waals surface area contributed by atoms with Crippen LogP contribution in [0.1, 0.15) is 37.8 Å². The molecule has 0 unspecified atom stereocenters. The standard InChI is InChI=1S/C21H29N3O3/c1-2-27-21(26)23-13-11-22(12-14-23)20(25)17-15-19(16-7-4-3-5-8-16)24-10-6-9-18(17)24/h3-5,7-8,17-19H,2,6,9-15H2,1H3/t17-,18+,19-/m0/s1. The number of amides is 2. The van der Waals surface area contributed by atoms with Crippen molar-refractivity contribution in [1.29, 1.82) is 0 Å². The summed E-state index contributed by atoms with van der Waals surface area (Å²) in [5, 5.41) is 0. The summed E-state index contributed by atoms with van der Waals surface area (Å²) < 4.78 is 5.07. The third kappa shape index (κ3) is 3.55. The lowest BCUT2D eigenvalue weighted by Gasteiger charge is -2.36. The molecule has 3 saturated heterocycles. The smallest absolute Gasteiger partial charge is 0.409 e. The van der Waals surface area contributed by atoms with Crippen molar-refractivity contribution in [2.24, 2.45) is 5.92 Å². The SMILES string of the molecule is CCOC(=O)N1CCN(C(=O)[C@H]2C[C@@H](c3ccccc3)N3CCC[C@H]23)CC1. The summed E-state index contributed by atoms with van der Waals surface area (Å²) in [6, 6.07) is 11.3. The van der Waals surface area contributed by atoms with E-state index in [2.05, 4.69) is 29.2 Å². The highest BCUT2D eigenvalue weighted by Crippen LogP contribution is 2.45. The highest BCUT2D eigenvalue weighted by Gasteiger charge is 2.48. The minimum Gasteiger partial charge on any atom is -0.450 e. The molecule has 0 radical (unpaired) electrons. The van der Waals surface area contributed by atoms with Crippen LogP contribution in [0.5, 0.6) is 0 Å². The quantitative estimate of drug-likeness (QED) is 0.819. The van der Waals surface area contributed by atoms with Gasteiger partial charge in [0.2, 0.25) is 5.91 Å². The van der Waals surface area contributed by atoms with Gasteiger partial charge in [0.15, 0.2) is 0 Å². The number of hydrogen-bond donors (Lipinski definition) is 0. The summed E-state index contributed by atoms with van der Waals surface area (Å²) in [5.41, 5.74) is 1.33. The first kappa shape index (κ1) is 18.3. The third-order valence-corrected chi connectivity index (χ3v) is 6.30. The summed E-state index contributed by atoms with van der Waals surface area (Å²) in [6.07, 6.45) is 2.93. The Kier molecular flexibility index (Phi) is 5.34. The van der Waals surface area contributed by atoms with Gasteiger partial charge in [-0.05, 0) is 38.3 Å². The number of rotatable bonds is 3. The van der Waals surface area contributed by atoms with Gasteiger partial charge in [0.1, 0.15) is 0 Å². The zero-order chi connectivity index (χ0) is 18.8. The van der Waals surface area contributed by atoms with Gasteiger partial charge in [-0.3, -0.25) is 9.69 Å². The number of hydrogen-bond acceptors (Lipinski definition) is 4. The van der Waals surface area contributed by atoms with E-state index in [0.29, 0.717) is 44.9 Å². The maximum Gasteiger partial charge on any atom is 0.409 e. The third-order valence-electron chi connectivity index (χ3n) is 6.30. The molecule has 1 aromatic carbocycles. The fourth-order valence-electron chi connectivity index (χ4n) is 4.99. The molecule has 3 atom stereocenters. The van der Waals surface area contributed by atoms with Crippen LogP contribution in [0.2, 0.25) is 0 Å². The van der Waals surface area contributed by atoms with Gasteiger partial charge < -0.3 is 14.5 Å². The molecule has 6 nitrogen and oxygen atoms in total. The van der Waals surface area contributed by atoms with Crippen molar-refractivity contribution < 1.29 is 14.3 Å². The molecule has 0 bridgehead atoms. The molecule has 3 fully saturated rings. The van der Waals surface area contributed by atoms with E-state index in [1.807, 2.05) is 17.9 Å². The average molecular weight is 371 g/mol. The topological polar surface area (TPSA) is 53.1 Å². The molecule has 0 aliphatic carbocycles. The fraction of sp³-hybridized carbons (Fsp3) is 0.619. The molecule has 4 rings (SSSR count). The van der Waals surface area contributed by atoms with Crippen LogP contribution >= 0.6 is 0 Å². The minimum atomic E-state index is -0.267. The Hall–Kier alpha value is -2.08. The van der Waals surface area contributed by atoms with Crippen LogP contribution in [0.25, 0.3) is 0 Å². The predicted molar refractivity (Wildman–Crippen MR) is 102 cm³/mol. The van der Waals surface area contributed by atoms with Crippen LogP contribution in [0.15, 0.2) is 30.3 Å². The van der Waals surface area contributed by atoms with E-state index in [1.54, 1.807) is 4.90 Å². The number of fused-ring (bicyclic) bond motifs is 1. The number of nitrogens with zero attached hydrogens (tertiary/aromatic N) is 3. The van der Waals surface area contributed by atoms with Gasteiger partial charge >= 0.3 is 6.09 Å². The molecule has 0 saturated carbocycles. The highest BCUT2D eigenvalue weighted by molar-refractivity contribution is 5.80. The van der Waals surface area contributed by atoms with Crippen molar-refractivity contribution in [2.45, 2.75) is 38.3 Å². The number of benzene rings is 1. The molecular weight excluding hydrogens is 342 g/mol. The van der Waals surface area contributed by atoms with Crippen molar-refractivity contribution in [3.05, 3.63) is 35.9 Å². The second kappa shape index (κ2) is 7.89. The van der Waals surface area contributed by atoms with E-state index in [-0.39, 0.29) is 17.9 Å². The largest absolute Gasteiger partial charge is 0.450 e. The summed E-state index contributed by atoms with van der Waals surface area (Å²) in [4.78, 5) is 31.4. The van der Waals surface area contributed by atoms with Crippen LogP contribution in [0.4, 0.5) is 4.79 Å². The van der Waals surface area contributed by atoms with Crippen molar-refractivity contribution in [3.8, 4) is 0 Å². The molecule has 3 heterocycles. The van der Waals surface area contributed by atoms with E-state index < -0.39 is 0 Å². The van der Waals surface area contributed by atoms with Crippen LogP contribution in [0, 0.1) is 5.92 Å². The highest BCUT2D eigenvalue weighted by atomic mass is 16.6. The zero-order valence-electron chi connectivity index (χ0n) is 16.0. The summed E-state index contributed by atoms with van der Waals surface area (Å²) in [6.45, 7) is 5.63. The monoisotopic (exact) mass is 371 g/mol. The van der Waals surface area contributed by atoms with Crippen molar-refractivity contribution in [3.63, 3.8) is 0 Å². The molecule has 1 aromatic rings. The Morgan fingerprint density at radius 3 is 2.44 bits per heavy atom. The van der Waals surface area contributed by atoms with Crippen LogP contribution in [0.3, 0.4) is 0 Å². The van der Waals surface area contributed by atoms with Gasteiger partial charge in [-0.25, -0.2) is 4.79 Å². The molecule has 146 valence electrons. The second-order valence-corrected chi connectivity index (χ2v) is 7.73. The maximum atomic E-state index is 13.3. The Morgan fingerprint density at radius 1 is 1.04 bits per heavy atom. The van der Waals surface area contributed by atoms with Gasteiger partial charge in [-0.15, -0.1) is 0 Å². The molecule has 0 N–H and O–H groups in total. The molecular formula is C21H29N3O3. The minimum absolute atomic E-state index is 0.0758. The van der Waals surface area contributed by atoms with E-state index in [0.717, 1.165) is 19.4 Å². The maximum absolute atomic E-state index is 13.3. The van der Waals surface area contributed by atoms with Crippen LogP contribution in [-0.4, -0.2) is 72.1 Å². The predicted octanol–water partition coefficient (Wildman–Crippen LogP) is 2.51. The van der Waals surface area contributed by atoms with Crippen LogP contribution in [-0.2, 0) is 9.53 Å². The van der Waals surface area contributed by atoms with Gasteiger partial charge in [-0.1, -0.05) is 30.3 Å². The van der Waals surface area contributed by atoms with E-state index >= 15 is 0 Å². The first-order valence-corrected chi connectivity index (χ1v) is 10.2. The molecule has 0 aromatic heterocycles. The number of ether oxygens (including phenoxy) is 1. The molecule has 27 heavy (non-hydrogen) atoms. The van der Waals surface area contributed by atoms with Crippen molar-refractivity contribution in [1.82, 2.24) is 14.7 Å². The first-order chi connectivity index (χ1) is 13.2. The van der Waals surface area contributed by atoms with Crippen molar-refractivity contribution >= 4 is 12.0 Å². The van der Waals surface area contributed by atoms with E-state index in [1.165, 1.54) is 12.0 Å². The number of carbonyl (C=O) groups is 2. The second-order valence-electron chi connectivity index (χ2n) is 7.73. The molecule has 6 heteroatoms. The van der Waals surface area contributed by atoms with Crippen LogP contribution < -0.4 is 0 Å². The van der Waals surface area contributed by atoms with Gasteiger partial charge in [-0.2, -0.15) is 0 Å². The number of carbonyl (C=O) groups excluding carboxylic acids is 2. The van der Waals surface area contributed by atoms with E-state index in [4.69, 9.17) is 4.74 Å². The van der Waals surface area contributed by atoms with Gasteiger partial charge in [0.05, 0.1) is 12.5 Å². The van der Waals surface area contributed by atoms with Crippen molar-refractivity contribution in [2.75, 3.05) is 39.3 Å². The van der Waals surface area contributed by atoms with E-state index in [9.17, 15) is 9.59 Å². The van der Waals surface area contributed by atoms with Gasteiger partial charge in [0.25, 0.3) is 0 Å². The lowest BCUT2D eigenvalue weighted by molar-refractivity contribution is -0.137. The fourth-order valence-corrected chi connectivity index (χ4v) is 4.99. The first-order valence-electron chi connectivity index (χ1n) is 10.2. The molecule has 2 amide bonds. The zero-order valence-corrected chi connectivity index (χ0v) is 16.0. The van der Waals surface area contributed by atoms with Gasteiger partial charge in [0, 0.05) is 38.3 Å². The Bertz CT molecular complexity index is 673. The Balaban J connectivity index is 1.41. The number of piperazine rings is 1. The Labute approximate surface area is 161 Å². The molecule has 0 spiro atoms.